The minimum absolute atomic E-state index is 0.167. The second kappa shape index (κ2) is 4.98. The maximum atomic E-state index is 10.1. The van der Waals surface area contributed by atoms with Crippen molar-refractivity contribution >= 4 is 0 Å². The molecule has 2 heteroatoms. The second-order valence-electron chi connectivity index (χ2n) is 5.02. The number of aliphatic hydroxyl groups is 1. The van der Waals surface area contributed by atoms with E-state index in [4.69, 9.17) is 0 Å². The Bertz CT molecular complexity index is 348. The largest absolute Gasteiger partial charge is 0.392 e. The summed E-state index contributed by atoms with van der Waals surface area (Å²) in [4.78, 5) is 2.20. The molecule has 0 aliphatic heterocycles. The first kappa shape index (κ1) is 11.6. The van der Waals surface area contributed by atoms with Crippen LogP contribution >= 0.6 is 0 Å². The van der Waals surface area contributed by atoms with Gasteiger partial charge < -0.3 is 10.0 Å². The molecule has 2 atom stereocenters. The molecule has 2 unspecified atom stereocenters. The van der Waals surface area contributed by atoms with Crippen LogP contribution in [0.5, 0.6) is 0 Å². The zero-order valence-electron chi connectivity index (χ0n) is 10.2. The number of fused-ring (bicyclic) bond motifs is 1. The molecule has 0 fully saturated rings. The summed E-state index contributed by atoms with van der Waals surface area (Å²) in [6, 6.07) is 8.46. The molecule has 1 aromatic rings. The number of benzene rings is 1. The minimum Gasteiger partial charge on any atom is -0.392 e. The van der Waals surface area contributed by atoms with Crippen LogP contribution in [0.25, 0.3) is 0 Å². The van der Waals surface area contributed by atoms with E-state index in [9.17, 15) is 5.11 Å². The van der Waals surface area contributed by atoms with Gasteiger partial charge in [0.1, 0.15) is 0 Å². The van der Waals surface area contributed by atoms with Crippen LogP contribution in [-0.2, 0) is 6.42 Å². The van der Waals surface area contributed by atoms with Crippen molar-refractivity contribution in [2.45, 2.75) is 31.3 Å². The number of aliphatic hydroxyl groups excluding tert-OH is 1. The van der Waals surface area contributed by atoms with Crippen LogP contribution in [-0.4, -0.2) is 36.8 Å². The van der Waals surface area contributed by atoms with E-state index in [2.05, 4.69) is 43.3 Å². The predicted octanol–water partition coefficient (Wildman–Crippen LogP) is 2.03. The van der Waals surface area contributed by atoms with E-state index in [0.717, 1.165) is 25.8 Å². The van der Waals surface area contributed by atoms with E-state index >= 15 is 0 Å². The highest BCUT2D eigenvalue weighted by molar-refractivity contribution is 5.36. The van der Waals surface area contributed by atoms with Crippen LogP contribution in [0, 0.1) is 0 Å². The average molecular weight is 219 g/mol. The van der Waals surface area contributed by atoms with Crippen molar-refractivity contribution < 1.29 is 5.11 Å². The third-order valence-corrected chi connectivity index (χ3v) is 3.47. The van der Waals surface area contributed by atoms with E-state index in [1.54, 1.807) is 0 Å². The van der Waals surface area contributed by atoms with Crippen molar-refractivity contribution in [3.8, 4) is 0 Å². The van der Waals surface area contributed by atoms with Crippen LogP contribution in [0.4, 0.5) is 0 Å². The Kier molecular flexibility index (Phi) is 3.62. The van der Waals surface area contributed by atoms with Gasteiger partial charge in [-0.3, -0.25) is 0 Å². The van der Waals surface area contributed by atoms with Gasteiger partial charge in [-0.15, -0.1) is 0 Å². The summed E-state index contributed by atoms with van der Waals surface area (Å²) in [6.07, 6.45) is 2.92. The van der Waals surface area contributed by atoms with Crippen molar-refractivity contribution in [1.29, 1.82) is 0 Å². The molecule has 0 aromatic heterocycles. The summed E-state index contributed by atoms with van der Waals surface area (Å²) in [5.74, 6) is 0.358. The Balaban J connectivity index is 1.99. The fourth-order valence-corrected chi connectivity index (χ4v) is 2.63. The highest BCUT2D eigenvalue weighted by atomic mass is 16.3. The van der Waals surface area contributed by atoms with Crippen LogP contribution in [0.15, 0.2) is 24.3 Å². The number of nitrogens with zero attached hydrogens (tertiary/aromatic N) is 1. The van der Waals surface area contributed by atoms with E-state index < -0.39 is 0 Å². The molecule has 1 aliphatic rings. The fraction of sp³-hybridized carbons (Fsp3) is 0.571. The van der Waals surface area contributed by atoms with Gasteiger partial charge in [0.25, 0.3) is 0 Å². The molecule has 1 aromatic carbocycles. The highest BCUT2D eigenvalue weighted by Crippen LogP contribution is 2.36. The molecule has 0 radical (unpaired) electrons. The van der Waals surface area contributed by atoms with Crippen molar-refractivity contribution in [2.75, 3.05) is 20.6 Å². The predicted molar refractivity (Wildman–Crippen MR) is 66.7 cm³/mol. The maximum absolute atomic E-state index is 10.1. The van der Waals surface area contributed by atoms with Gasteiger partial charge in [-0.2, -0.15) is 0 Å². The Morgan fingerprint density at radius 2 is 2.06 bits per heavy atom. The highest BCUT2D eigenvalue weighted by Gasteiger charge is 2.29. The van der Waals surface area contributed by atoms with Gasteiger partial charge in [0.2, 0.25) is 0 Å². The van der Waals surface area contributed by atoms with E-state index in [-0.39, 0.29) is 6.10 Å². The molecule has 0 saturated carbocycles. The first-order valence-corrected chi connectivity index (χ1v) is 6.09. The first-order valence-electron chi connectivity index (χ1n) is 6.09. The quantitative estimate of drug-likeness (QED) is 0.837. The lowest BCUT2D eigenvalue weighted by molar-refractivity contribution is 0.150. The standard InChI is InChI=1S/C14H21NO/c1-15(2)9-5-8-13-12-7-4-3-6-11(12)10-14(13)16/h3-4,6-7,13-14,16H,5,8-10H2,1-2H3. The smallest absolute Gasteiger partial charge is 0.0649 e. The molecule has 0 bridgehead atoms. The summed E-state index contributed by atoms with van der Waals surface area (Å²) < 4.78 is 0. The van der Waals surface area contributed by atoms with Crippen LogP contribution < -0.4 is 0 Å². The lowest BCUT2D eigenvalue weighted by Crippen LogP contribution is -2.17. The van der Waals surface area contributed by atoms with Gasteiger partial charge >= 0.3 is 0 Å². The topological polar surface area (TPSA) is 23.5 Å². The molecule has 88 valence electrons. The zero-order chi connectivity index (χ0) is 11.5. The molecule has 0 amide bonds. The lowest BCUT2D eigenvalue weighted by atomic mass is 9.94. The van der Waals surface area contributed by atoms with E-state index in [1.807, 2.05) is 0 Å². The molecule has 16 heavy (non-hydrogen) atoms. The number of rotatable bonds is 4. The molecular weight excluding hydrogens is 198 g/mol. The van der Waals surface area contributed by atoms with Crippen LogP contribution in [0.3, 0.4) is 0 Å². The molecule has 1 N–H and O–H groups in total. The Labute approximate surface area is 97.9 Å². The average Bonchev–Trinajstić information content (AvgIpc) is 2.55. The van der Waals surface area contributed by atoms with Gasteiger partial charge in [0, 0.05) is 5.92 Å². The van der Waals surface area contributed by atoms with Gasteiger partial charge in [0.05, 0.1) is 6.10 Å². The fourth-order valence-electron chi connectivity index (χ4n) is 2.63. The second-order valence-corrected chi connectivity index (χ2v) is 5.02. The Morgan fingerprint density at radius 3 is 2.81 bits per heavy atom. The monoisotopic (exact) mass is 219 g/mol. The third kappa shape index (κ3) is 2.45. The van der Waals surface area contributed by atoms with Crippen molar-refractivity contribution in [3.63, 3.8) is 0 Å². The van der Waals surface area contributed by atoms with Crippen molar-refractivity contribution in [1.82, 2.24) is 4.90 Å². The van der Waals surface area contributed by atoms with Gasteiger partial charge in [0.15, 0.2) is 0 Å². The lowest BCUT2D eigenvalue weighted by Gasteiger charge is -2.17. The Morgan fingerprint density at radius 1 is 1.31 bits per heavy atom. The summed E-state index contributed by atoms with van der Waals surface area (Å²) >= 11 is 0. The molecule has 0 saturated heterocycles. The van der Waals surface area contributed by atoms with Crippen molar-refractivity contribution in [3.05, 3.63) is 35.4 Å². The number of hydrogen-bond acceptors (Lipinski definition) is 2. The van der Waals surface area contributed by atoms with Crippen molar-refractivity contribution in [2.24, 2.45) is 0 Å². The normalized spacial score (nSPS) is 23.8. The first-order chi connectivity index (χ1) is 7.68. The molecule has 0 spiro atoms. The minimum atomic E-state index is -0.167. The van der Waals surface area contributed by atoms with Gasteiger partial charge in [-0.25, -0.2) is 0 Å². The molecule has 0 heterocycles. The van der Waals surface area contributed by atoms with E-state index in [0.29, 0.717) is 5.92 Å². The van der Waals surface area contributed by atoms with Gasteiger partial charge in [-0.1, -0.05) is 24.3 Å². The molecule has 1 aliphatic carbocycles. The Hall–Kier alpha value is -0.860. The summed E-state index contributed by atoms with van der Waals surface area (Å²) in [5.41, 5.74) is 2.71. The summed E-state index contributed by atoms with van der Waals surface area (Å²) in [6.45, 7) is 1.10. The molecule has 2 rings (SSSR count). The van der Waals surface area contributed by atoms with Gasteiger partial charge in [-0.05, 0) is 51.0 Å². The number of hydrogen-bond donors (Lipinski definition) is 1. The third-order valence-electron chi connectivity index (χ3n) is 3.47. The SMILES string of the molecule is CN(C)CCCC1c2ccccc2CC1O. The summed E-state index contributed by atoms with van der Waals surface area (Å²) in [7, 11) is 4.19. The summed E-state index contributed by atoms with van der Waals surface area (Å²) in [5, 5.41) is 10.1. The van der Waals surface area contributed by atoms with E-state index in [1.165, 1.54) is 11.1 Å². The molecular formula is C14H21NO. The zero-order valence-corrected chi connectivity index (χ0v) is 10.2. The maximum Gasteiger partial charge on any atom is 0.0649 e. The molecule has 2 nitrogen and oxygen atoms in total. The van der Waals surface area contributed by atoms with Crippen LogP contribution in [0.1, 0.15) is 29.9 Å². The van der Waals surface area contributed by atoms with Crippen LogP contribution in [0.2, 0.25) is 0 Å².